The first kappa shape index (κ1) is 19.1. The van der Waals surface area contributed by atoms with Gasteiger partial charge in [0.05, 0.1) is 30.1 Å². The second-order valence-electron chi connectivity index (χ2n) is 6.12. The molecule has 1 amide bonds. The van der Waals surface area contributed by atoms with Gasteiger partial charge in [-0.3, -0.25) is 9.78 Å². The minimum Gasteiger partial charge on any atom is -0.465 e. The van der Waals surface area contributed by atoms with Crippen LogP contribution in [-0.2, 0) is 11.2 Å². The molecule has 0 aliphatic rings. The van der Waals surface area contributed by atoms with Gasteiger partial charge in [0.1, 0.15) is 0 Å². The number of esters is 1. The summed E-state index contributed by atoms with van der Waals surface area (Å²) in [7, 11) is 1.34. The molecule has 0 saturated heterocycles. The van der Waals surface area contributed by atoms with Crippen molar-refractivity contribution in [2.75, 3.05) is 17.7 Å². The molecule has 1 heterocycles. The zero-order valence-corrected chi connectivity index (χ0v) is 15.7. The number of carbonyl (C=O) groups excluding carboxylic acids is 2. The van der Waals surface area contributed by atoms with Crippen LogP contribution in [0.1, 0.15) is 33.2 Å². The Morgan fingerprint density at radius 3 is 2.43 bits per heavy atom. The number of aromatic nitrogens is 1. The highest BCUT2D eigenvalue weighted by Gasteiger charge is 2.10. The number of carbonyl (C=O) groups is 2. The molecule has 6 nitrogen and oxygen atoms in total. The van der Waals surface area contributed by atoms with Crippen LogP contribution in [-0.4, -0.2) is 24.0 Å². The first-order chi connectivity index (χ1) is 13.6. The second-order valence-corrected chi connectivity index (χ2v) is 6.12. The molecule has 2 N–H and O–H groups in total. The van der Waals surface area contributed by atoms with Gasteiger partial charge >= 0.3 is 5.97 Å². The third-order valence-corrected chi connectivity index (χ3v) is 4.24. The highest BCUT2D eigenvalue weighted by atomic mass is 16.5. The smallest absolute Gasteiger partial charge is 0.337 e. The summed E-state index contributed by atoms with van der Waals surface area (Å²) < 4.78 is 4.69. The predicted molar refractivity (Wildman–Crippen MR) is 109 cm³/mol. The number of pyridine rings is 1. The quantitative estimate of drug-likeness (QED) is 0.623. The van der Waals surface area contributed by atoms with Crippen molar-refractivity contribution in [1.82, 2.24) is 4.98 Å². The molecule has 0 radical (unpaired) electrons. The van der Waals surface area contributed by atoms with E-state index in [-0.39, 0.29) is 11.9 Å². The third kappa shape index (κ3) is 4.54. The molecule has 0 atom stereocenters. The molecule has 28 heavy (non-hydrogen) atoms. The molecule has 2 aromatic carbocycles. The largest absolute Gasteiger partial charge is 0.465 e. The van der Waals surface area contributed by atoms with Gasteiger partial charge in [0, 0.05) is 17.6 Å². The molecule has 0 unspecified atom stereocenters. The van der Waals surface area contributed by atoms with Crippen LogP contribution in [0.15, 0.2) is 67.0 Å². The van der Waals surface area contributed by atoms with Gasteiger partial charge in [-0.1, -0.05) is 25.1 Å². The van der Waals surface area contributed by atoms with Gasteiger partial charge in [-0.25, -0.2) is 4.79 Å². The third-order valence-electron chi connectivity index (χ3n) is 4.24. The molecule has 3 rings (SSSR count). The number of para-hydroxylation sites is 1. The predicted octanol–water partition coefficient (Wildman–Crippen LogP) is 4.43. The monoisotopic (exact) mass is 375 g/mol. The van der Waals surface area contributed by atoms with Crippen LogP contribution in [0.25, 0.3) is 0 Å². The van der Waals surface area contributed by atoms with Crippen LogP contribution < -0.4 is 10.6 Å². The first-order valence-corrected chi connectivity index (χ1v) is 8.90. The molecule has 0 bridgehead atoms. The fraction of sp³-hybridized carbons (Fsp3) is 0.136. The second kappa shape index (κ2) is 8.81. The maximum Gasteiger partial charge on any atom is 0.337 e. The number of benzene rings is 2. The fourth-order valence-corrected chi connectivity index (χ4v) is 2.75. The Morgan fingerprint density at radius 2 is 1.71 bits per heavy atom. The number of methoxy groups -OCH3 is 1. The number of nitrogens with zero attached hydrogens (tertiary/aromatic N) is 1. The molecule has 3 aromatic rings. The van der Waals surface area contributed by atoms with Gasteiger partial charge in [0.25, 0.3) is 5.91 Å². The minimum absolute atomic E-state index is 0.224. The lowest BCUT2D eigenvalue weighted by Crippen LogP contribution is -2.13. The highest BCUT2D eigenvalue weighted by molar-refractivity contribution is 6.05. The van der Waals surface area contributed by atoms with Crippen molar-refractivity contribution in [3.63, 3.8) is 0 Å². The van der Waals surface area contributed by atoms with E-state index in [2.05, 4.69) is 20.4 Å². The Labute approximate surface area is 163 Å². The van der Waals surface area contributed by atoms with Crippen LogP contribution in [0.3, 0.4) is 0 Å². The van der Waals surface area contributed by atoms with E-state index in [1.807, 2.05) is 31.2 Å². The zero-order valence-electron chi connectivity index (χ0n) is 15.7. The fourth-order valence-electron chi connectivity index (χ4n) is 2.75. The average Bonchev–Trinajstić information content (AvgIpc) is 2.74. The molecule has 142 valence electrons. The number of aryl methyl sites for hydroxylation is 1. The van der Waals surface area contributed by atoms with Crippen molar-refractivity contribution in [1.29, 1.82) is 0 Å². The molecule has 6 heteroatoms. The Balaban J connectivity index is 1.73. The van der Waals surface area contributed by atoms with Crippen molar-refractivity contribution >= 4 is 28.9 Å². The molecule has 0 aliphatic heterocycles. The number of rotatable bonds is 6. The lowest BCUT2D eigenvalue weighted by Gasteiger charge is -2.11. The summed E-state index contributed by atoms with van der Waals surface area (Å²) in [5.41, 5.74) is 4.22. The molecule has 0 aliphatic carbocycles. The van der Waals surface area contributed by atoms with E-state index in [0.717, 1.165) is 23.4 Å². The summed E-state index contributed by atoms with van der Waals surface area (Å²) in [5, 5.41) is 6.11. The summed E-state index contributed by atoms with van der Waals surface area (Å²) in [6, 6.07) is 16.3. The summed E-state index contributed by atoms with van der Waals surface area (Å²) in [5.74, 6) is -0.614. The van der Waals surface area contributed by atoms with Gasteiger partial charge in [-0.05, 0) is 48.4 Å². The average molecular weight is 375 g/mol. The van der Waals surface area contributed by atoms with Crippen LogP contribution in [0.2, 0.25) is 0 Å². The summed E-state index contributed by atoms with van der Waals surface area (Å²) in [4.78, 5) is 28.3. The van der Waals surface area contributed by atoms with Crippen molar-refractivity contribution in [3.05, 3.63) is 83.7 Å². The molecule has 1 aromatic heterocycles. The van der Waals surface area contributed by atoms with Gasteiger partial charge in [0.2, 0.25) is 0 Å². The van der Waals surface area contributed by atoms with E-state index in [0.29, 0.717) is 16.8 Å². The van der Waals surface area contributed by atoms with Gasteiger partial charge in [-0.2, -0.15) is 0 Å². The van der Waals surface area contributed by atoms with Crippen LogP contribution >= 0.6 is 0 Å². The summed E-state index contributed by atoms with van der Waals surface area (Å²) in [6.07, 6.45) is 3.98. The summed E-state index contributed by atoms with van der Waals surface area (Å²) in [6.45, 7) is 2.04. The van der Waals surface area contributed by atoms with Crippen LogP contribution in [0, 0.1) is 0 Å². The number of nitrogens with one attached hydrogen (secondary N) is 2. The lowest BCUT2D eigenvalue weighted by molar-refractivity contribution is 0.0600. The van der Waals surface area contributed by atoms with E-state index in [1.54, 1.807) is 36.5 Å². The molecule has 0 saturated carbocycles. The maximum atomic E-state index is 12.6. The number of hydrogen-bond acceptors (Lipinski definition) is 5. The molecular weight excluding hydrogens is 354 g/mol. The number of ether oxygens (including phenoxy) is 1. The number of amides is 1. The Morgan fingerprint density at radius 1 is 0.964 bits per heavy atom. The van der Waals surface area contributed by atoms with Gasteiger partial charge in [-0.15, -0.1) is 0 Å². The van der Waals surface area contributed by atoms with Crippen molar-refractivity contribution in [2.45, 2.75) is 13.3 Å². The maximum absolute atomic E-state index is 12.6. The standard InChI is InChI=1S/C22H21N3O3/c1-3-15-6-4-5-7-20(15)25-21(26)17-12-19(14-23-13-17)24-18-10-8-16(9-11-18)22(27)28-2/h4-14,24H,3H2,1-2H3,(H,25,26). The molecule has 0 fully saturated rings. The normalized spacial score (nSPS) is 10.2. The Bertz CT molecular complexity index is 984. The Hall–Kier alpha value is -3.67. The van der Waals surface area contributed by atoms with E-state index in [4.69, 9.17) is 0 Å². The van der Waals surface area contributed by atoms with Crippen molar-refractivity contribution in [3.8, 4) is 0 Å². The first-order valence-electron chi connectivity index (χ1n) is 8.90. The van der Waals surface area contributed by atoms with E-state index < -0.39 is 0 Å². The van der Waals surface area contributed by atoms with Gasteiger partial charge in [0.15, 0.2) is 0 Å². The van der Waals surface area contributed by atoms with E-state index in [1.165, 1.54) is 13.3 Å². The van der Waals surface area contributed by atoms with Crippen LogP contribution in [0.5, 0.6) is 0 Å². The highest BCUT2D eigenvalue weighted by Crippen LogP contribution is 2.20. The number of anilines is 3. The molecular formula is C22H21N3O3. The Kier molecular flexibility index (Phi) is 6.01. The minimum atomic E-state index is -0.390. The van der Waals surface area contributed by atoms with Crippen molar-refractivity contribution < 1.29 is 14.3 Å². The van der Waals surface area contributed by atoms with Crippen LogP contribution in [0.4, 0.5) is 17.1 Å². The van der Waals surface area contributed by atoms with Crippen molar-refractivity contribution in [2.24, 2.45) is 0 Å². The summed E-state index contributed by atoms with van der Waals surface area (Å²) >= 11 is 0. The van der Waals surface area contributed by atoms with Gasteiger partial charge < -0.3 is 15.4 Å². The molecule has 0 spiro atoms. The van der Waals surface area contributed by atoms with E-state index in [9.17, 15) is 9.59 Å². The number of hydrogen-bond donors (Lipinski definition) is 2. The lowest BCUT2D eigenvalue weighted by atomic mass is 10.1. The van der Waals surface area contributed by atoms with E-state index >= 15 is 0 Å². The topological polar surface area (TPSA) is 80.3 Å². The zero-order chi connectivity index (χ0) is 19.9. The SMILES string of the molecule is CCc1ccccc1NC(=O)c1cncc(Nc2ccc(C(=O)OC)cc2)c1.